The Balaban J connectivity index is 2.10. The number of Topliss-reactive ketones (excluding diaryl/α,β-unsaturated/α-hetero) is 1. The van der Waals surface area contributed by atoms with E-state index in [0.717, 1.165) is 0 Å². The van der Waals surface area contributed by atoms with Crippen molar-refractivity contribution >= 4 is 34.7 Å². The summed E-state index contributed by atoms with van der Waals surface area (Å²) in [6, 6.07) is 9.16. The van der Waals surface area contributed by atoms with Crippen LogP contribution in [0.2, 0.25) is 5.02 Å². The number of ketones is 1. The lowest BCUT2D eigenvalue weighted by atomic mass is 10.1. The third-order valence-corrected chi connectivity index (χ3v) is 3.98. The van der Waals surface area contributed by atoms with E-state index in [1.165, 1.54) is 11.3 Å². The van der Waals surface area contributed by atoms with Crippen molar-refractivity contribution in [1.29, 1.82) is 0 Å². The van der Waals surface area contributed by atoms with Gasteiger partial charge < -0.3 is 5.11 Å². The smallest absolute Gasteiger partial charge is 0.325 e. The van der Waals surface area contributed by atoms with Gasteiger partial charge in [-0.15, -0.1) is 11.3 Å². The lowest BCUT2D eigenvalue weighted by molar-refractivity contribution is -0.139. The molecule has 0 saturated carbocycles. The van der Waals surface area contributed by atoms with Crippen molar-refractivity contribution < 1.29 is 14.7 Å². The van der Waals surface area contributed by atoms with Crippen LogP contribution >= 0.6 is 22.9 Å². The molecule has 0 saturated heterocycles. The molecule has 0 unspecified atom stereocenters. The van der Waals surface area contributed by atoms with Gasteiger partial charge in [-0.05, 0) is 23.1 Å². The predicted octanol–water partition coefficient (Wildman–Crippen LogP) is 3.00. The molecule has 0 bridgehead atoms. The minimum absolute atomic E-state index is 0.0529. The Morgan fingerprint density at radius 1 is 1.25 bits per heavy atom. The number of carboxylic acids is 1. The average molecular weight is 310 g/mol. The lowest BCUT2D eigenvalue weighted by Crippen LogP contribution is -2.32. The van der Waals surface area contributed by atoms with Gasteiger partial charge in [0.05, 0.1) is 11.4 Å². The van der Waals surface area contributed by atoms with E-state index < -0.39 is 12.0 Å². The molecule has 104 valence electrons. The van der Waals surface area contributed by atoms with E-state index in [2.05, 4.69) is 5.32 Å². The molecule has 0 spiro atoms. The molecule has 1 aromatic carbocycles. The van der Waals surface area contributed by atoms with Crippen molar-refractivity contribution in [2.75, 3.05) is 6.54 Å². The molecule has 2 aromatic rings. The summed E-state index contributed by atoms with van der Waals surface area (Å²) < 4.78 is 0. The van der Waals surface area contributed by atoms with Crippen LogP contribution in [0.1, 0.15) is 21.3 Å². The van der Waals surface area contributed by atoms with Gasteiger partial charge in [0.1, 0.15) is 6.04 Å². The Bertz CT molecular complexity index is 613. The van der Waals surface area contributed by atoms with E-state index in [0.29, 0.717) is 15.5 Å². The molecule has 0 radical (unpaired) electrons. The minimum atomic E-state index is -1.07. The third kappa shape index (κ3) is 3.45. The van der Waals surface area contributed by atoms with Gasteiger partial charge in [-0.1, -0.05) is 35.9 Å². The number of nitrogens with one attached hydrogen (secondary N) is 1. The van der Waals surface area contributed by atoms with Gasteiger partial charge in [0.25, 0.3) is 0 Å². The van der Waals surface area contributed by atoms with Crippen molar-refractivity contribution in [2.24, 2.45) is 0 Å². The number of carboxylic acid groups (broad SMARTS) is 1. The summed E-state index contributed by atoms with van der Waals surface area (Å²) in [5, 5.41) is 14.2. The Kier molecular flexibility index (Phi) is 4.89. The monoisotopic (exact) mass is 309 g/mol. The number of aliphatic carboxylic acids is 1. The SMILES string of the molecule is O=C(CN[C@H](C(=O)O)c1ccccc1Cl)c1cccs1. The second-order valence-electron chi connectivity index (χ2n) is 4.07. The first-order valence-electron chi connectivity index (χ1n) is 5.87. The highest BCUT2D eigenvalue weighted by molar-refractivity contribution is 7.12. The maximum Gasteiger partial charge on any atom is 0.325 e. The first-order chi connectivity index (χ1) is 9.59. The fourth-order valence-electron chi connectivity index (χ4n) is 1.76. The molecular formula is C14H12ClNO3S. The van der Waals surface area contributed by atoms with E-state index in [1.54, 1.807) is 41.8 Å². The Hall–Kier alpha value is -1.69. The number of carbonyl (C=O) groups is 2. The molecule has 1 aromatic heterocycles. The van der Waals surface area contributed by atoms with Crippen LogP contribution in [0, 0.1) is 0 Å². The Morgan fingerprint density at radius 2 is 2.00 bits per heavy atom. The van der Waals surface area contributed by atoms with Crippen LogP contribution in [0.25, 0.3) is 0 Å². The summed E-state index contributed by atoms with van der Waals surface area (Å²) in [7, 11) is 0. The molecule has 0 fully saturated rings. The molecule has 4 nitrogen and oxygen atoms in total. The minimum Gasteiger partial charge on any atom is -0.480 e. The van der Waals surface area contributed by atoms with Crippen LogP contribution in [0.5, 0.6) is 0 Å². The molecule has 0 aliphatic carbocycles. The number of hydrogen-bond donors (Lipinski definition) is 2. The molecule has 20 heavy (non-hydrogen) atoms. The van der Waals surface area contributed by atoms with Crippen molar-refractivity contribution in [1.82, 2.24) is 5.32 Å². The summed E-state index contributed by atoms with van der Waals surface area (Å²) in [6.07, 6.45) is 0. The second-order valence-corrected chi connectivity index (χ2v) is 5.43. The number of rotatable bonds is 6. The lowest BCUT2D eigenvalue weighted by Gasteiger charge is -2.15. The topological polar surface area (TPSA) is 66.4 Å². The van der Waals surface area contributed by atoms with E-state index in [4.69, 9.17) is 11.6 Å². The van der Waals surface area contributed by atoms with Gasteiger partial charge in [0.15, 0.2) is 5.78 Å². The molecule has 0 aliphatic rings. The van der Waals surface area contributed by atoms with E-state index in [-0.39, 0.29) is 12.3 Å². The van der Waals surface area contributed by atoms with Gasteiger partial charge in [-0.25, -0.2) is 0 Å². The first kappa shape index (κ1) is 14.7. The predicted molar refractivity (Wildman–Crippen MR) is 78.5 cm³/mol. The number of hydrogen-bond acceptors (Lipinski definition) is 4. The summed E-state index contributed by atoms with van der Waals surface area (Å²) >= 11 is 7.32. The van der Waals surface area contributed by atoms with Crippen molar-refractivity contribution in [2.45, 2.75) is 6.04 Å². The molecule has 1 atom stereocenters. The normalized spacial score (nSPS) is 12.1. The quantitative estimate of drug-likeness (QED) is 0.805. The zero-order valence-electron chi connectivity index (χ0n) is 10.4. The molecule has 0 amide bonds. The fraction of sp³-hybridized carbons (Fsp3) is 0.143. The van der Waals surface area contributed by atoms with Gasteiger partial charge in [0.2, 0.25) is 0 Å². The van der Waals surface area contributed by atoms with Gasteiger partial charge in [-0.3, -0.25) is 14.9 Å². The van der Waals surface area contributed by atoms with Crippen LogP contribution in [0.3, 0.4) is 0 Å². The van der Waals surface area contributed by atoms with Crippen LogP contribution in [-0.2, 0) is 4.79 Å². The van der Waals surface area contributed by atoms with Crippen LogP contribution in [-0.4, -0.2) is 23.4 Å². The standard InChI is InChI=1S/C14H12ClNO3S/c15-10-5-2-1-4-9(10)13(14(18)19)16-8-11(17)12-6-3-7-20-12/h1-7,13,16H,8H2,(H,18,19)/t13-/m0/s1. The molecule has 2 rings (SSSR count). The zero-order chi connectivity index (χ0) is 14.5. The third-order valence-electron chi connectivity index (χ3n) is 2.73. The highest BCUT2D eigenvalue weighted by atomic mass is 35.5. The molecule has 6 heteroatoms. The van der Waals surface area contributed by atoms with E-state index in [1.807, 2.05) is 0 Å². The van der Waals surface area contributed by atoms with Crippen LogP contribution < -0.4 is 5.32 Å². The summed E-state index contributed by atoms with van der Waals surface area (Å²) in [5.41, 5.74) is 0.445. The summed E-state index contributed by atoms with van der Waals surface area (Å²) in [6.45, 7) is -0.0529. The van der Waals surface area contributed by atoms with Gasteiger partial charge in [0, 0.05) is 5.02 Å². The van der Waals surface area contributed by atoms with Crippen LogP contribution in [0.4, 0.5) is 0 Å². The second kappa shape index (κ2) is 6.65. The van der Waals surface area contributed by atoms with Crippen molar-refractivity contribution in [3.05, 3.63) is 57.2 Å². The number of thiophene rings is 1. The van der Waals surface area contributed by atoms with Crippen LogP contribution in [0.15, 0.2) is 41.8 Å². The molecule has 1 heterocycles. The Morgan fingerprint density at radius 3 is 2.60 bits per heavy atom. The van der Waals surface area contributed by atoms with E-state index >= 15 is 0 Å². The number of halogens is 1. The molecule has 0 aliphatic heterocycles. The summed E-state index contributed by atoms with van der Waals surface area (Å²) in [4.78, 5) is 23.8. The van der Waals surface area contributed by atoms with Gasteiger partial charge >= 0.3 is 5.97 Å². The summed E-state index contributed by atoms with van der Waals surface area (Å²) in [5.74, 6) is -1.21. The number of carbonyl (C=O) groups excluding carboxylic acids is 1. The Labute approximate surface area is 125 Å². The fourth-order valence-corrected chi connectivity index (χ4v) is 2.67. The van der Waals surface area contributed by atoms with Crippen molar-refractivity contribution in [3.63, 3.8) is 0 Å². The van der Waals surface area contributed by atoms with Gasteiger partial charge in [-0.2, -0.15) is 0 Å². The molecular weight excluding hydrogens is 298 g/mol. The number of benzene rings is 1. The maximum atomic E-state index is 11.9. The van der Waals surface area contributed by atoms with E-state index in [9.17, 15) is 14.7 Å². The first-order valence-corrected chi connectivity index (χ1v) is 7.12. The average Bonchev–Trinajstić information content (AvgIpc) is 2.94. The molecule has 2 N–H and O–H groups in total. The highest BCUT2D eigenvalue weighted by Gasteiger charge is 2.22. The van der Waals surface area contributed by atoms with Crippen molar-refractivity contribution in [3.8, 4) is 0 Å². The zero-order valence-corrected chi connectivity index (χ0v) is 11.9. The maximum absolute atomic E-state index is 11.9. The highest BCUT2D eigenvalue weighted by Crippen LogP contribution is 2.23. The largest absolute Gasteiger partial charge is 0.480 e.